The van der Waals surface area contributed by atoms with Crippen molar-refractivity contribution in [3.05, 3.63) is 53.5 Å². The molecule has 0 saturated carbocycles. The Morgan fingerprint density at radius 3 is 2.79 bits per heavy atom. The summed E-state index contributed by atoms with van der Waals surface area (Å²) in [5.74, 6) is -0.783. The Bertz CT molecular complexity index is 1070. The van der Waals surface area contributed by atoms with Crippen LogP contribution in [0.25, 0.3) is 10.9 Å². The first-order chi connectivity index (χ1) is 13.9. The summed E-state index contributed by atoms with van der Waals surface area (Å²) in [6, 6.07) is 7.73. The number of carbonyl (C=O) groups excluding carboxylic acids is 2. The molecule has 0 spiro atoms. The molecule has 3 aromatic rings. The maximum atomic E-state index is 13.1. The molecule has 1 aromatic carbocycles. The lowest BCUT2D eigenvalue weighted by molar-refractivity contribution is -0.146. The molecule has 2 amide bonds. The molecule has 2 atom stereocenters. The Kier molecular flexibility index (Phi) is 5.05. The van der Waals surface area contributed by atoms with E-state index in [4.69, 9.17) is 0 Å². The van der Waals surface area contributed by atoms with Crippen molar-refractivity contribution in [2.45, 2.75) is 39.7 Å². The van der Waals surface area contributed by atoms with E-state index in [1.54, 1.807) is 17.3 Å². The van der Waals surface area contributed by atoms with E-state index in [1.165, 1.54) is 0 Å². The molecule has 29 heavy (non-hydrogen) atoms. The zero-order valence-corrected chi connectivity index (χ0v) is 16.9. The number of rotatable bonds is 2. The van der Waals surface area contributed by atoms with Crippen molar-refractivity contribution in [1.29, 1.82) is 0 Å². The van der Waals surface area contributed by atoms with Gasteiger partial charge in [0.05, 0.1) is 29.6 Å². The second-order valence-electron chi connectivity index (χ2n) is 7.95. The Balaban J connectivity index is 1.57. The van der Waals surface area contributed by atoms with Gasteiger partial charge >= 0.3 is 11.8 Å². The van der Waals surface area contributed by atoms with Gasteiger partial charge in [-0.3, -0.25) is 19.7 Å². The topological polar surface area (TPSA) is 91.0 Å². The third kappa shape index (κ3) is 3.85. The molecule has 7 heteroatoms. The van der Waals surface area contributed by atoms with Gasteiger partial charge in [0, 0.05) is 17.6 Å². The number of pyridine rings is 1. The van der Waals surface area contributed by atoms with E-state index in [0.29, 0.717) is 18.2 Å². The van der Waals surface area contributed by atoms with Gasteiger partial charge in [0.25, 0.3) is 0 Å². The molecule has 2 N–H and O–H groups in total. The van der Waals surface area contributed by atoms with E-state index in [2.05, 4.69) is 27.4 Å². The average Bonchev–Trinajstić information content (AvgIpc) is 3.18. The number of amides is 2. The smallest absolute Gasteiger partial charge is 0.313 e. The third-order valence-electron chi connectivity index (χ3n) is 5.72. The molecule has 4 rings (SSSR count). The van der Waals surface area contributed by atoms with Crippen molar-refractivity contribution < 1.29 is 9.59 Å². The minimum atomic E-state index is -0.626. The first-order valence-corrected chi connectivity index (χ1v) is 9.90. The Hall–Kier alpha value is -3.22. The van der Waals surface area contributed by atoms with Crippen LogP contribution in [-0.2, 0) is 9.59 Å². The fraction of sp³-hybridized carbons (Fsp3) is 0.364. The predicted octanol–water partition coefficient (Wildman–Crippen LogP) is 3.51. The monoisotopic (exact) mass is 391 g/mol. The summed E-state index contributed by atoms with van der Waals surface area (Å²) >= 11 is 0. The minimum absolute atomic E-state index is 0.123. The van der Waals surface area contributed by atoms with Gasteiger partial charge in [0.15, 0.2) is 0 Å². The molecule has 150 valence electrons. The lowest BCUT2D eigenvalue weighted by Crippen LogP contribution is -2.46. The molecule has 1 fully saturated rings. The van der Waals surface area contributed by atoms with Gasteiger partial charge in [-0.05, 0) is 61.9 Å². The van der Waals surface area contributed by atoms with Crippen LogP contribution in [0, 0.1) is 19.8 Å². The second kappa shape index (κ2) is 7.66. The van der Waals surface area contributed by atoms with Crippen molar-refractivity contribution >= 4 is 28.4 Å². The SMILES string of the molecule is Cc1cc(NC(=O)C(=O)N2C[C@H](C)CC[C@H]2c2ccc3[nH]ncc3c2)cnc1C. The summed E-state index contributed by atoms with van der Waals surface area (Å²) in [5.41, 5.74) is 4.38. The van der Waals surface area contributed by atoms with E-state index < -0.39 is 11.8 Å². The number of hydrogen-bond donors (Lipinski definition) is 2. The number of nitrogens with one attached hydrogen (secondary N) is 2. The van der Waals surface area contributed by atoms with Gasteiger partial charge < -0.3 is 10.2 Å². The first kappa shape index (κ1) is 19.1. The lowest BCUT2D eigenvalue weighted by atomic mass is 9.89. The number of aromatic amines is 1. The minimum Gasteiger partial charge on any atom is -0.327 e. The number of nitrogens with zero attached hydrogens (tertiary/aromatic N) is 3. The number of carbonyl (C=O) groups is 2. The zero-order chi connectivity index (χ0) is 20.5. The number of H-pyrrole nitrogens is 1. The number of fused-ring (bicyclic) bond motifs is 1. The second-order valence-corrected chi connectivity index (χ2v) is 7.95. The van der Waals surface area contributed by atoms with Crippen LogP contribution >= 0.6 is 0 Å². The highest BCUT2D eigenvalue weighted by atomic mass is 16.2. The fourth-order valence-electron chi connectivity index (χ4n) is 3.92. The van der Waals surface area contributed by atoms with Crippen LogP contribution in [0.1, 0.15) is 42.6 Å². The number of benzene rings is 1. The van der Waals surface area contributed by atoms with E-state index in [0.717, 1.165) is 40.6 Å². The van der Waals surface area contributed by atoms with Crippen LogP contribution < -0.4 is 5.32 Å². The number of aromatic nitrogens is 3. The van der Waals surface area contributed by atoms with Gasteiger partial charge in [0.2, 0.25) is 0 Å². The number of aryl methyl sites for hydroxylation is 2. The molecule has 0 unspecified atom stereocenters. The standard InChI is InChI=1S/C22H25N5O2/c1-13-4-7-20(16-5-6-19-17(9-16)10-24-26-19)27(12-13)22(29)21(28)25-18-8-14(2)15(3)23-11-18/h5-6,8-11,13,20H,4,7,12H2,1-3H3,(H,24,26)(H,25,28)/t13-,20+/m1/s1. The van der Waals surface area contributed by atoms with Gasteiger partial charge in [-0.15, -0.1) is 0 Å². The quantitative estimate of drug-likeness (QED) is 0.654. The van der Waals surface area contributed by atoms with Crippen molar-refractivity contribution in [2.24, 2.45) is 5.92 Å². The summed E-state index contributed by atoms with van der Waals surface area (Å²) in [6.07, 6.45) is 5.20. The first-order valence-electron chi connectivity index (χ1n) is 9.90. The van der Waals surface area contributed by atoms with Crippen molar-refractivity contribution in [1.82, 2.24) is 20.1 Å². The van der Waals surface area contributed by atoms with E-state index >= 15 is 0 Å². The summed E-state index contributed by atoms with van der Waals surface area (Å²) in [7, 11) is 0. The largest absolute Gasteiger partial charge is 0.327 e. The zero-order valence-electron chi connectivity index (χ0n) is 16.9. The molecular weight excluding hydrogens is 366 g/mol. The van der Waals surface area contributed by atoms with Gasteiger partial charge in [-0.25, -0.2) is 0 Å². The normalized spacial score (nSPS) is 19.3. The predicted molar refractivity (Wildman–Crippen MR) is 111 cm³/mol. The van der Waals surface area contributed by atoms with Crippen LogP contribution in [0.15, 0.2) is 36.7 Å². The van der Waals surface area contributed by atoms with E-state index in [1.807, 2.05) is 38.1 Å². The Morgan fingerprint density at radius 2 is 2.00 bits per heavy atom. The van der Waals surface area contributed by atoms with Gasteiger partial charge in [-0.1, -0.05) is 13.0 Å². The summed E-state index contributed by atoms with van der Waals surface area (Å²) < 4.78 is 0. The van der Waals surface area contributed by atoms with Crippen molar-refractivity contribution in [3.63, 3.8) is 0 Å². The summed E-state index contributed by atoms with van der Waals surface area (Å²) in [6.45, 7) is 6.50. The van der Waals surface area contributed by atoms with Gasteiger partial charge in [-0.2, -0.15) is 5.10 Å². The molecule has 1 aliphatic rings. The highest BCUT2D eigenvalue weighted by Gasteiger charge is 2.34. The maximum Gasteiger partial charge on any atom is 0.313 e. The van der Waals surface area contributed by atoms with Gasteiger partial charge in [0.1, 0.15) is 0 Å². The average molecular weight is 391 g/mol. The number of anilines is 1. The van der Waals surface area contributed by atoms with Crippen LogP contribution in [0.4, 0.5) is 5.69 Å². The highest BCUT2D eigenvalue weighted by molar-refractivity contribution is 6.39. The molecule has 2 aromatic heterocycles. The molecule has 0 aliphatic carbocycles. The Morgan fingerprint density at radius 1 is 1.17 bits per heavy atom. The van der Waals surface area contributed by atoms with Crippen LogP contribution in [0.5, 0.6) is 0 Å². The highest BCUT2D eigenvalue weighted by Crippen LogP contribution is 2.34. The molecule has 0 bridgehead atoms. The Labute approximate surface area is 169 Å². The number of piperidine rings is 1. The summed E-state index contributed by atoms with van der Waals surface area (Å²) in [5, 5.41) is 10.7. The van der Waals surface area contributed by atoms with Crippen LogP contribution in [-0.4, -0.2) is 38.4 Å². The van der Waals surface area contributed by atoms with E-state index in [9.17, 15) is 9.59 Å². The molecule has 0 radical (unpaired) electrons. The molecule has 7 nitrogen and oxygen atoms in total. The summed E-state index contributed by atoms with van der Waals surface area (Å²) in [4.78, 5) is 31.8. The molecule has 3 heterocycles. The molecule has 1 aliphatic heterocycles. The molecular formula is C22H25N5O2. The molecule has 1 saturated heterocycles. The van der Waals surface area contributed by atoms with E-state index in [-0.39, 0.29) is 6.04 Å². The maximum absolute atomic E-state index is 13.1. The van der Waals surface area contributed by atoms with Crippen molar-refractivity contribution in [3.8, 4) is 0 Å². The third-order valence-corrected chi connectivity index (χ3v) is 5.72. The van der Waals surface area contributed by atoms with Crippen LogP contribution in [0.3, 0.4) is 0 Å². The van der Waals surface area contributed by atoms with Crippen LogP contribution in [0.2, 0.25) is 0 Å². The number of likely N-dealkylation sites (tertiary alicyclic amines) is 1. The lowest BCUT2D eigenvalue weighted by Gasteiger charge is -2.38. The van der Waals surface area contributed by atoms with Crippen molar-refractivity contribution in [2.75, 3.05) is 11.9 Å². The number of hydrogen-bond acceptors (Lipinski definition) is 4. The fourth-order valence-corrected chi connectivity index (χ4v) is 3.92.